The van der Waals surface area contributed by atoms with Crippen LogP contribution in [0.2, 0.25) is 0 Å². The molecule has 12 heteroatoms. The van der Waals surface area contributed by atoms with Gasteiger partial charge < -0.3 is 25.2 Å². The van der Waals surface area contributed by atoms with Crippen LogP contribution in [0.5, 0.6) is 0 Å². The first-order valence-electron chi connectivity index (χ1n) is 14.2. The standard InChI is InChI=1S/C27H50NO10P/c1-3-4-5-6-7-8-9-10-11-12-13-14-15-16-17-18-19-26(31)36-20-24(30)21-37-39(34,35)38-22-25(27(32)33)28-23(2)29/h11-12,24-25,30H,3-10,13-22H2,1-2H3,(H,28,29)(H,32,33)(H,34,35)/b12-11-. The van der Waals surface area contributed by atoms with Crippen LogP contribution in [0.1, 0.15) is 110 Å². The molecule has 0 aliphatic heterocycles. The maximum atomic E-state index is 11.8. The highest BCUT2D eigenvalue weighted by Crippen LogP contribution is 2.43. The number of phosphoric ester groups is 1. The van der Waals surface area contributed by atoms with Crippen LogP contribution in [0.3, 0.4) is 0 Å². The van der Waals surface area contributed by atoms with E-state index in [-0.39, 0.29) is 6.42 Å². The Balaban J connectivity index is 3.74. The molecule has 3 unspecified atom stereocenters. The van der Waals surface area contributed by atoms with E-state index in [0.29, 0.717) is 6.42 Å². The maximum absolute atomic E-state index is 11.8. The number of allylic oxidation sites excluding steroid dienone is 2. The second-order valence-corrected chi connectivity index (χ2v) is 11.1. The number of nitrogens with one attached hydrogen (secondary N) is 1. The van der Waals surface area contributed by atoms with Gasteiger partial charge in [-0.15, -0.1) is 0 Å². The van der Waals surface area contributed by atoms with Crippen molar-refractivity contribution in [3.8, 4) is 0 Å². The number of rotatable bonds is 26. The van der Waals surface area contributed by atoms with Crippen LogP contribution in [0.4, 0.5) is 0 Å². The van der Waals surface area contributed by atoms with E-state index in [1.165, 1.54) is 44.9 Å². The van der Waals surface area contributed by atoms with Crippen LogP contribution in [0.25, 0.3) is 0 Å². The first-order chi connectivity index (χ1) is 18.6. The minimum absolute atomic E-state index is 0.216. The van der Waals surface area contributed by atoms with Crippen molar-refractivity contribution in [2.75, 3.05) is 19.8 Å². The Bertz CT molecular complexity index is 746. The van der Waals surface area contributed by atoms with Crippen molar-refractivity contribution in [2.24, 2.45) is 0 Å². The van der Waals surface area contributed by atoms with Gasteiger partial charge in [0, 0.05) is 13.3 Å². The summed E-state index contributed by atoms with van der Waals surface area (Å²) >= 11 is 0. The van der Waals surface area contributed by atoms with Gasteiger partial charge >= 0.3 is 19.8 Å². The lowest BCUT2D eigenvalue weighted by Crippen LogP contribution is -2.42. The molecule has 0 bridgehead atoms. The first kappa shape index (κ1) is 37.2. The lowest BCUT2D eigenvalue weighted by molar-refractivity contribution is -0.147. The minimum Gasteiger partial charge on any atom is -0.480 e. The van der Waals surface area contributed by atoms with Gasteiger partial charge in [0.25, 0.3) is 0 Å². The third-order valence-corrected chi connectivity index (χ3v) is 6.79. The summed E-state index contributed by atoms with van der Waals surface area (Å²) in [5.74, 6) is -2.60. The average molecular weight is 580 g/mol. The van der Waals surface area contributed by atoms with Crippen molar-refractivity contribution < 1.29 is 47.8 Å². The second-order valence-electron chi connectivity index (χ2n) is 9.68. The predicted octanol–water partition coefficient (Wildman–Crippen LogP) is 5.04. The Hall–Kier alpha value is -1.78. The van der Waals surface area contributed by atoms with Gasteiger partial charge in [0.15, 0.2) is 6.04 Å². The van der Waals surface area contributed by atoms with Gasteiger partial charge in [-0.1, -0.05) is 76.9 Å². The van der Waals surface area contributed by atoms with Gasteiger partial charge in [0.2, 0.25) is 5.91 Å². The number of aliphatic hydroxyl groups is 1. The topological polar surface area (TPSA) is 169 Å². The van der Waals surface area contributed by atoms with E-state index < -0.39 is 57.6 Å². The Morgan fingerprint density at radius 1 is 0.821 bits per heavy atom. The highest BCUT2D eigenvalue weighted by molar-refractivity contribution is 7.47. The summed E-state index contributed by atoms with van der Waals surface area (Å²) in [5, 5.41) is 20.8. The summed E-state index contributed by atoms with van der Waals surface area (Å²) in [4.78, 5) is 43.4. The molecule has 0 rings (SSSR count). The molecule has 11 nitrogen and oxygen atoms in total. The third kappa shape index (κ3) is 25.0. The molecular formula is C27H50NO10P. The number of carbonyl (C=O) groups is 3. The lowest BCUT2D eigenvalue weighted by Gasteiger charge is -2.18. The van der Waals surface area contributed by atoms with E-state index in [9.17, 15) is 28.9 Å². The molecule has 1 amide bonds. The number of hydrogen-bond acceptors (Lipinski definition) is 8. The van der Waals surface area contributed by atoms with Crippen molar-refractivity contribution in [1.29, 1.82) is 0 Å². The highest BCUT2D eigenvalue weighted by Gasteiger charge is 2.28. The minimum atomic E-state index is -4.70. The van der Waals surface area contributed by atoms with E-state index in [4.69, 9.17) is 9.84 Å². The number of esters is 1. The quantitative estimate of drug-likeness (QED) is 0.0471. The molecule has 0 saturated heterocycles. The van der Waals surface area contributed by atoms with Gasteiger partial charge in [0.05, 0.1) is 13.2 Å². The van der Waals surface area contributed by atoms with Gasteiger partial charge in [-0.3, -0.25) is 18.6 Å². The molecule has 0 aliphatic rings. The molecule has 3 atom stereocenters. The monoisotopic (exact) mass is 579 g/mol. The third-order valence-electron chi connectivity index (χ3n) is 5.84. The van der Waals surface area contributed by atoms with Crippen molar-refractivity contribution in [3.63, 3.8) is 0 Å². The molecule has 0 aromatic rings. The van der Waals surface area contributed by atoms with E-state index in [1.807, 2.05) is 5.32 Å². The summed E-state index contributed by atoms with van der Waals surface area (Å²) in [6.07, 6.45) is 19.8. The molecule has 39 heavy (non-hydrogen) atoms. The number of carbonyl (C=O) groups excluding carboxylic acids is 2. The fourth-order valence-electron chi connectivity index (χ4n) is 3.63. The zero-order chi connectivity index (χ0) is 29.4. The fraction of sp³-hybridized carbons (Fsp3) is 0.815. The Labute approximate surface area is 233 Å². The Kier molecular flexibility index (Phi) is 23.0. The van der Waals surface area contributed by atoms with Crippen LogP contribution >= 0.6 is 7.82 Å². The molecule has 0 heterocycles. The molecule has 0 radical (unpaired) electrons. The van der Waals surface area contributed by atoms with Crippen molar-refractivity contribution >= 4 is 25.7 Å². The summed E-state index contributed by atoms with van der Waals surface area (Å²) in [6.45, 7) is 1.41. The highest BCUT2D eigenvalue weighted by atomic mass is 31.2. The Morgan fingerprint density at radius 3 is 1.87 bits per heavy atom. The molecule has 4 N–H and O–H groups in total. The molecule has 0 aromatic carbocycles. The zero-order valence-corrected chi connectivity index (χ0v) is 24.6. The normalized spacial score (nSPS) is 14.6. The van der Waals surface area contributed by atoms with Crippen LogP contribution in [0, 0.1) is 0 Å². The van der Waals surface area contributed by atoms with E-state index in [1.54, 1.807) is 0 Å². The number of aliphatic hydroxyl groups excluding tert-OH is 1. The summed E-state index contributed by atoms with van der Waals surface area (Å²) in [7, 11) is -4.70. The van der Waals surface area contributed by atoms with Crippen molar-refractivity contribution in [2.45, 2.75) is 122 Å². The molecule has 0 fully saturated rings. The lowest BCUT2D eigenvalue weighted by atomic mass is 10.1. The number of hydrogen-bond donors (Lipinski definition) is 4. The zero-order valence-electron chi connectivity index (χ0n) is 23.7. The average Bonchev–Trinajstić information content (AvgIpc) is 2.88. The van der Waals surface area contributed by atoms with Crippen LogP contribution in [-0.4, -0.2) is 64.9 Å². The number of unbranched alkanes of at least 4 members (excludes halogenated alkanes) is 12. The van der Waals surface area contributed by atoms with Gasteiger partial charge in [0.1, 0.15) is 12.7 Å². The number of ether oxygens (including phenoxy) is 1. The summed E-state index contributed by atoms with van der Waals surface area (Å²) < 4.78 is 25.9. The van der Waals surface area contributed by atoms with Crippen LogP contribution in [-0.2, 0) is 32.7 Å². The Morgan fingerprint density at radius 2 is 1.33 bits per heavy atom. The predicted molar refractivity (Wildman–Crippen MR) is 148 cm³/mol. The number of aliphatic carboxylic acids is 1. The van der Waals surface area contributed by atoms with Gasteiger partial charge in [-0.2, -0.15) is 0 Å². The van der Waals surface area contributed by atoms with Gasteiger partial charge in [-0.05, 0) is 32.1 Å². The molecule has 228 valence electrons. The van der Waals surface area contributed by atoms with Crippen molar-refractivity contribution in [1.82, 2.24) is 5.32 Å². The van der Waals surface area contributed by atoms with E-state index in [0.717, 1.165) is 45.4 Å². The van der Waals surface area contributed by atoms with E-state index in [2.05, 4.69) is 28.1 Å². The molecule has 0 spiro atoms. The number of carboxylic acid groups (broad SMARTS) is 1. The van der Waals surface area contributed by atoms with Crippen molar-refractivity contribution in [3.05, 3.63) is 12.2 Å². The first-order valence-corrected chi connectivity index (χ1v) is 15.7. The largest absolute Gasteiger partial charge is 0.480 e. The maximum Gasteiger partial charge on any atom is 0.472 e. The smallest absolute Gasteiger partial charge is 0.472 e. The fourth-order valence-corrected chi connectivity index (χ4v) is 4.41. The summed E-state index contributed by atoms with van der Waals surface area (Å²) in [6, 6.07) is -1.54. The summed E-state index contributed by atoms with van der Waals surface area (Å²) in [5.41, 5.74) is 0. The number of amides is 1. The van der Waals surface area contributed by atoms with Crippen LogP contribution < -0.4 is 5.32 Å². The molecular weight excluding hydrogens is 529 g/mol. The molecule has 0 saturated carbocycles. The molecule has 0 aliphatic carbocycles. The second kappa shape index (κ2) is 24.1. The van der Waals surface area contributed by atoms with E-state index >= 15 is 0 Å². The SMILES string of the molecule is CCCCCCCCC/C=C\CCCCCCCC(=O)OCC(O)COP(=O)(O)OCC(NC(C)=O)C(=O)O. The van der Waals surface area contributed by atoms with Crippen LogP contribution in [0.15, 0.2) is 12.2 Å². The number of carboxylic acids is 1. The van der Waals surface area contributed by atoms with Gasteiger partial charge in [-0.25, -0.2) is 9.36 Å². The number of phosphoric acid groups is 1. The molecule has 0 aromatic heterocycles.